The molecule has 0 aliphatic heterocycles. The predicted octanol–water partition coefficient (Wildman–Crippen LogP) is 10.5. The molecular weight excluding hydrogens is 483 g/mol. The summed E-state index contributed by atoms with van der Waals surface area (Å²) in [4.78, 5) is 0.328. The van der Waals surface area contributed by atoms with Crippen molar-refractivity contribution in [3.05, 3.63) is 29.8 Å². The van der Waals surface area contributed by atoms with Gasteiger partial charge < -0.3 is 0 Å². The third-order valence-corrected chi connectivity index (χ3v) is 17.0. The maximum absolute atomic E-state index is 13.7. The molecular formula is C31H59O3PS. The van der Waals surface area contributed by atoms with E-state index < -0.39 is 16.9 Å². The van der Waals surface area contributed by atoms with Crippen LogP contribution in [0.1, 0.15) is 136 Å². The van der Waals surface area contributed by atoms with Gasteiger partial charge in [0.25, 0.3) is 0 Å². The number of unbranched alkanes of at least 4 members (excludes halogenated alkanes) is 12. The van der Waals surface area contributed by atoms with Gasteiger partial charge in [0, 0.05) is 0 Å². The summed E-state index contributed by atoms with van der Waals surface area (Å²) >= 11 is 0. The standard InChI is InChI=1S/C31H59O3PS/c1-6-10-14-15-16-17-18-19-20-21-29-35(26-11-7-2,27-12-8-3,28-13-9-4)34-36(32,33)31-24-22-30(5)23-25-31/h22-25H,6-21,26-29H2,1-5H3. The molecule has 0 unspecified atom stereocenters. The van der Waals surface area contributed by atoms with Crippen molar-refractivity contribution in [2.24, 2.45) is 0 Å². The zero-order chi connectivity index (χ0) is 26.8. The molecule has 0 fully saturated rings. The summed E-state index contributed by atoms with van der Waals surface area (Å²) in [5.74, 6) is 0. The van der Waals surface area contributed by atoms with Crippen LogP contribution in [-0.4, -0.2) is 33.1 Å². The normalized spacial score (nSPS) is 13.5. The second kappa shape index (κ2) is 18.0. The van der Waals surface area contributed by atoms with Crippen LogP contribution in [0, 0.1) is 6.92 Å². The fourth-order valence-electron chi connectivity index (χ4n) is 5.52. The second-order valence-corrected chi connectivity index (χ2v) is 18.8. The number of aryl methyl sites for hydroxylation is 1. The Morgan fingerprint density at radius 1 is 0.556 bits per heavy atom. The van der Waals surface area contributed by atoms with Crippen molar-refractivity contribution < 1.29 is 12.4 Å². The van der Waals surface area contributed by atoms with E-state index in [9.17, 15) is 8.42 Å². The van der Waals surface area contributed by atoms with Crippen LogP contribution in [-0.2, 0) is 14.1 Å². The summed E-state index contributed by atoms with van der Waals surface area (Å²) in [7, 11) is -3.79. The number of rotatable bonds is 23. The first-order chi connectivity index (χ1) is 17.3. The Kier molecular flexibility index (Phi) is 16.8. The monoisotopic (exact) mass is 542 g/mol. The first-order valence-electron chi connectivity index (χ1n) is 15.3. The van der Waals surface area contributed by atoms with E-state index in [1.54, 1.807) is 12.1 Å². The molecule has 1 rings (SSSR count). The van der Waals surface area contributed by atoms with Crippen LogP contribution in [0.2, 0.25) is 0 Å². The molecule has 0 saturated carbocycles. The fraction of sp³-hybridized carbons (Fsp3) is 0.806. The number of hydrogen-bond acceptors (Lipinski definition) is 3. The Balaban J connectivity index is 3.06. The van der Waals surface area contributed by atoms with Gasteiger partial charge >= 0.3 is 226 Å². The average molecular weight is 543 g/mol. The summed E-state index contributed by atoms with van der Waals surface area (Å²) in [5, 5.41) is 0. The van der Waals surface area contributed by atoms with E-state index in [0.29, 0.717) is 4.90 Å². The zero-order valence-corrected chi connectivity index (χ0v) is 26.2. The summed E-state index contributed by atoms with van der Waals surface area (Å²) in [6, 6.07) is 7.24. The van der Waals surface area contributed by atoms with Gasteiger partial charge in [0.05, 0.1) is 0 Å². The minimum absolute atomic E-state index is 0.328. The van der Waals surface area contributed by atoms with Crippen molar-refractivity contribution in [3.63, 3.8) is 0 Å². The van der Waals surface area contributed by atoms with Crippen molar-refractivity contribution >= 4 is 16.9 Å². The molecule has 1 aromatic rings. The topological polar surface area (TPSA) is 43.4 Å². The Labute approximate surface area is 225 Å². The average Bonchev–Trinajstić information content (AvgIpc) is 2.86. The van der Waals surface area contributed by atoms with Crippen LogP contribution >= 0.6 is 6.83 Å². The molecule has 0 amide bonds. The van der Waals surface area contributed by atoms with Crippen molar-refractivity contribution in [1.29, 1.82) is 0 Å². The van der Waals surface area contributed by atoms with Crippen LogP contribution in [0.25, 0.3) is 0 Å². The minimum atomic E-state index is -3.79. The molecule has 0 spiro atoms. The van der Waals surface area contributed by atoms with Crippen LogP contribution in [0.4, 0.5) is 0 Å². The molecule has 0 aromatic heterocycles. The molecule has 0 heterocycles. The van der Waals surface area contributed by atoms with Crippen molar-refractivity contribution in [1.82, 2.24) is 0 Å². The molecule has 0 N–H and O–H groups in total. The molecule has 0 saturated heterocycles. The predicted molar refractivity (Wildman–Crippen MR) is 162 cm³/mol. The van der Waals surface area contributed by atoms with Gasteiger partial charge in [-0.2, -0.15) is 0 Å². The zero-order valence-electron chi connectivity index (χ0n) is 24.5. The molecule has 3 nitrogen and oxygen atoms in total. The number of benzene rings is 1. The fourth-order valence-corrected chi connectivity index (χ4v) is 15.5. The Hall–Kier alpha value is -0.440. The van der Waals surface area contributed by atoms with Crippen molar-refractivity contribution in [2.75, 3.05) is 24.6 Å². The van der Waals surface area contributed by atoms with Crippen LogP contribution in [0.3, 0.4) is 0 Å². The van der Waals surface area contributed by atoms with E-state index in [0.717, 1.165) is 75.2 Å². The Morgan fingerprint density at radius 3 is 1.33 bits per heavy atom. The third kappa shape index (κ3) is 12.0. The van der Waals surface area contributed by atoms with E-state index in [1.807, 2.05) is 19.1 Å². The summed E-state index contributed by atoms with van der Waals surface area (Å²) in [5.41, 5.74) is 1.07. The Bertz CT molecular complexity index is 764. The summed E-state index contributed by atoms with van der Waals surface area (Å²) in [6.07, 6.45) is 23.3. The molecule has 0 aliphatic carbocycles. The summed E-state index contributed by atoms with van der Waals surface area (Å²) in [6.45, 7) is 8.01. The van der Waals surface area contributed by atoms with Gasteiger partial charge in [-0.1, -0.05) is 0 Å². The van der Waals surface area contributed by atoms with Crippen LogP contribution in [0.5, 0.6) is 0 Å². The van der Waals surface area contributed by atoms with Crippen LogP contribution < -0.4 is 0 Å². The summed E-state index contributed by atoms with van der Waals surface area (Å²) < 4.78 is 34.2. The SMILES string of the molecule is CCCCCCCCCCCCP(CCCC)(CCCC)(CCCC)OS(=O)(=O)c1ccc(C)cc1. The van der Waals surface area contributed by atoms with Crippen molar-refractivity contribution in [2.45, 2.75) is 142 Å². The van der Waals surface area contributed by atoms with Gasteiger partial charge in [-0.25, -0.2) is 0 Å². The molecule has 0 radical (unpaired) electrons. The van der Waals surface area contributed by atoms with E-state index in [1.165, 1.54) is 57.8 Å². The van der Waals surface area contributed by atoms with E-state index >= 15 is 0 Å². The van der Waals surface area contributed by atoms with Gasteiger partial charge in [-0.05, 0) is 0 Å². The first kappa shape index (κ1) is 33.6. The molecule has 212 valence electrons. The maximum atomic E-state index is 13.7. The van der Waals surface area contributed by atoms with Crippen LogP contribution in [0.15, 0.2) is 29.2 Å². The van der Waals surface area contributed by atoms with E-state index in [4.69, 9.17) is 3.97 Å². The van der Waals surface area contributed by atoms with Gasteiger partial charge in [-0.3, -0.25) is 0 Å². The van der Waals surface area contributed by atoms with E-state index in [2.05, 4.69) is 27.7 Å². The molecule has 0 atom stereocenters. The van der Waals surface area contributed by atoms with E-state index in [-0.39, 0.29) is 0 Å². The molecule has 1 aromatic carbocycles. The molecule has 5 heteroatoms. The number of hydrogen-bond donors (Lipinski definition) is 0. The molecule has 36 heavy (non-hydrogen) atoms. The molecule has 0 aliphatic rings. The quantitative estimate of drug-likeness (QED) is 0.102. The van der Waals surface area contributed by atoms with Gasteiger partial charge in [0.15, 0.2) is 0 Å². The van der Waals surface area contributed by atoms with Crippen molar-refractivity contribution in [3.8, 4) is 0 Å². The second-order valence-electron chi connectivity index (χ2n) is 11.3. The van der Waals surface area contributed by atoms with Gasteiger partial charge in [0.1, 0.15) is 0 Å². The molecule has 0 bridgehead atoms. The van der Waals surface area contributed by atoms with Gasteiger partial charge in [-0.15, -0.1) is 0 Å². The third-order valence-electron chi connectivity index (χ3n) is 7.93. The first-order valence-corrected chi connectivity index (χ1v) is 19.6. The van der Waals surface area contributed by atoms with Gasteiger partial charge in [0.2, 0.25) is 0 Å². The Morgan fingerprint density at radius 2 is 0.917 bits per heavy atom.